The second kappa shape index (κ2) is 4.86. The number of carbonyl (C=O) groups excluding carboxylic acids is 1. The predicted octanol–water partition coefficient (Wildman–Crippen LogP) is 3.79. The van der Waals surface area contributed by atoms with Crippen LogP contribution in [0.25, 0.3) is 11.1 Å². The molecule has 0 atom stereocenters. The number of hydrogen-bond acceptors (Lipinski definition) is 3. The molecule has 0 radical (unpaired) electrons. The van der Waals surface area contributed by atoms with E-state index in [9.17, 15) is 13.6 Å². The molecule has 0 unspecified atom stereocenters. The standard InChI is InChI=1S/C13H10F2O2S/c1-7-6-18-12(13(16)17-2)10(7)11-8(14)4-3-5-9(11)15/h3-6H,1-2H3. The Hall–Kier alpha value is -1.75. The fourth-order valence-electron chi connectivity index (χ4n) is 1.73. The van der Waals surface area contributed by atoms with Gasteiger partial charge in [0.05, 0.1) is 12.7 Å². The van der Waals surface area contributed by atoms with Crippen molar-refractivity contribution in [1.82, 2.24) is 0 Å². The molecule has 2 rings (SSSR count). The Morgan fingerprint density at radius 1 is 1.22 bits per heavy atom. The Bertz CT molecular complexity index is 585. The summed E-state index contributed by atoms with van der Waals surface area (Å²) in [6.45, 7) is 1.70. The van der Waals surface area contributed by atoms with Crippen LogP contribution in [0, 0.1) is 18.6 Å². The number of esters is 1. The third kappa shape index (κ3) is 2.01. The molecule has 0 spiro atoms. The summed E-state index contributed by atoms with van der Waals surface area (Å²) in [4.78, 5) is 11.8. The lowest BCUT2D eigenvalue weighted by atomic mass is 10.0. The zero-order valence-electron chi connectivity index (χ0n) is 9.79. The molecule has 1 aromatic carbocycles. The van der Waals surface area contributed by atoms with Crippen LogP contribution in [0.5, 0.6) is 0 Å². The molecule has 0 saturated carbocycles. The van der Waals surface area contributed by atoms with Crippen molar-refractivity contribution in [2.75, 3.05) is 7.11 Å². The van der Waals surface area contributed by atoms with E-state index in [-0.39, 0.29) is 16.0 Å². The van der Waals surface area contributed by atoms with Crippen molar-refractivity contribution in [3.8, 4) is 11.1 Å². The van der Waals surface area contributed by atoms with E-state index in [4.69, 9.17) is 0 Å². The Labute approximate surface area is 107 Å². The van der Waals surface area contributed by atoms with Crippen molar-refractivity contribution in [2.45, 2.75) is 6.92 Å². The largest absolute Gasteiger partial charge is 0.465 e. The van der Waals surface area contributed by atoms with Crippen LogP contribution in [0.1, 0.15) is 15.2 Å². The number of ether oxygens (including phenoxy) is 1. The SMILES string of the molecule is COC(=O)c1scc(C)c1-c1c(F)cccc1F. The first-order valence-electron chi connectivity index (χ1n) is 5.17. The number of halogens is 2. The summed E-state index contributed by atoms with van der Waals surface area (Å²) in [7, 11) is 1.23. The predicted molar refractivity (Wildman–Crippen MR) is 65.7 cm³/mol. The Morgan fingerprint density at radius 3 is 2.39 bits per heavy atom. The molecule has 0 fully saturated rings. The van der Waals surface area contributed by atoms with Crippen LogP contribution in [-0.2, 0) is 4.74 Å². The van der Waals surface area contributed by atoms with E-state index < -0.39 is 17.6 Å². The van der Waals surface area contributed by atoms with Gasteiger partial charge in [-0.3, -0.25) is 0 Å². The Balaban J connectivity index is 2.71. The first kappa shape index (κ1) is 12.7. The highest BCUT2D eigenvalue weighted by Crippen LogP contribution is 2.36. The third-order valence-corrected chi connectivity index (χ3v) is 3.64. The minimum Gasteiger partial charge on any atom is -0.465 e. The van der Waals surface area contributed by atoms with E-state index in [1.165, 1.54) is 13.2 Å². The van der Waals surface area contributed by atoms with E-state index in [1.54, 1.807) is 12.3 Å². The van der Waals surface area contributed by atoms with Gasteiger partial charge in [-0.15, -0.1) is 11.3 Å². The van der Waals surface area contributed by atoms with E-state index >= 15 is 0 Å². The summed E-state index contributed by atoms with van der Waals surface area (Å²) in [5, 5.41) is 1.67. The van der Waals surface area contributed by atoms with Gasteiger partial charge in [-0.05, 0) is 30.0 Å². The maximum Gasteiger partial charge on any atom is 0.348 e. The number of benzene rings is 1. The average Bonchev–Trinajstić information content (AvgIpc) is 2.71. The van der Waals surface area contributed by atoms with Gasteiger partial charge >= 0.3 is 5.97 Å². The van der Waals surface area contributed by atoms with Crippen molar-refractivity contribution in [2.24, 2.45) is 0 Å². The summed E-state index contributed by atoms with van der Waals surface area (Å²) in [6.07, 6.45) is 0. The molecule has 1 aromatic heterocycles. The van der Waals surface area contributed by atoms with Crippen LogP contribution in [0.2, 0.25) is 0 Å². The lowest BCUT2D eigenvalue weighted by molar-refractivity contribution is 0.0607. The number of rotatable bonds is 2. The lowest BCUT2D eigenvalue weighted by Gasteiger charge is -2.07. The molecule has 18 heavy (non-hydrogen) atoms. The minimum absolute atomic E-state index is 0.184. The summed E-state index contributed by atoms with van der Waals surface area (Å²) < 4.78 is 32.1. The van der Waals surface area contributed by atoms with Gasteiger partial charge in [0.25, 0.3) is 0 Å². The third-order valence-electron chi connectivity index (χ3n) is 2.56. The van der Waals surface area contributed by atoms with Crippen molar-refractivity contribution in [3.05, 3.63) is 45.7 Å². The zero-order chi connectivity index (χ0) is 13.3. The summed E-state index contributed by atoms with van der Waals surface area (Å²) in [5.41, 5.74) is 0.725. The van der Waals surface area contributed by atoms with Crippen LogP contribution in [0.15, 0.2) is 23.6 Å². The normalized spacial score (nSPS) is 10.4. The second-order valence-electron chi connectivity index (χ2n) is 3.71. The summed E-state index contributed by atoms with van der Waals surface area (Å²) in [6, 6.07) is 3.61. The molecule has 0 aliphatic carbocycles. The van der Waals surface area contributed by atoms with Gasteiger partial charge in [0.2, 0.25) is 0 Å². The quantitative estimate of drug-likeness (QED) is 0.775. The van der Waals surface area contributed by atoms with Crippen LogP contribution in [-0.4, -0.2) is 13.1 Å². The van der Waals surface area contributed by atoms with Crippen molar-refractivity contribution < 1.29 is 18.3 Å². The maximum atomic E-state index is 13.8. The van der Waals surface area contributed by atoms with Crippen molar-refractivity contribution >= 4 is 17.3 Å². The molecule has 0 amide bonds. The van der Waals surface area contributed by atoms with E-state index in [0.29, 0.717) is 5.56 Å². The molecule has 0 N–H and O–H groups in total. The molecule has 5 heteroatoms. The highest BCUT2D eigenvalue weighted by atomic mass is 32.1. The van der Waals surface area contributed by atoms with Crippen LogP contribution >= 0.6 is 11.3 Å². The number of methoxy groups -OCH3 is 1. The van der Waals surface area contributed by atoms with Gasteiger partial charge in [0.15, 0.2) is 0 Å². The second-order valence-corrected chi connectivity index (χ2v) is 4.59. The molecule has 94 valence electrons. The molecule has 0 saturated heterocycles. The van der Waals surface area contributed by atoms with Gasteiger partial charge in [-0.25, -0.2) is 13.6 Å². The molecule has 0 aliphatic heterocycles. The van der Waals surface area contributed by atoms with Gasteiger partial charge in [-0.2, -0.15) is 0 Å². The highest BCUT2D eigenvalue weighted by molar-refractivity contribution is 7.12. The van der Waals surface area contributed by atoms with Crippen molar-refractivity contribution in [1.29, 1.82) is 0 Å². The number of thiophene rings is 1. The fraction of sp³-hybridized carbons (Fsp3) is 0.154. The highest BCUT2D eigenvalue weighted by Gasteiger charge is 2.22. The molecule has 2 aromatic rings. The minimum atomic E-state index is -0.693. The fourth-order valence-corrected chi connectivity index (χ4v) is 2.71. The smallest absolute Gasteiger partial charge is 0.348 e. The van der Waals surface area contributed by atoms with Gasteiger partial charge in [-0.1, -0.05) is 6.07 Å². The van der Waals surface area contributed by atoms with E-state index in [0.717, 1.165) is 23.5 Å². The molecule has 0 bridgehead atoms. The maximum absolute atomic E-state index is 13.8. The summed E-state index contributed by atoms with van der Waals surface area (Å²) in [5.74, 6) is -1.98. The molecular weight excluding hydrogens is 258 g/mol. The Kier molecular flexibility index (Phi) is 3.43. The number of aryl methyl sites for hydroxylation is 1. The van der Waals surface area contributed by atoms with E-state index in [1.807, 2.05) is 0 Å². The van der Waals surface area contributed by atoms with Crippen LogP contribution < -0.4 is 0 Å². The van der Waals surface area contributed by atoms with Gasteiger partial charge in [0.1, 0.15) is 16.5 Å². The number of hydrogen-bond donors (Lipinski definition) is 0. The van der Waals surface area contributed by atoms with Gasteiger partial charge < -0.3 is 4.74 Å². The molecule has 2 nitrogen and oxygen atoms in total. The average molecular weight is 268 g/mol. The number of carbonyl (C=O) groups is 1. The summed E-state index contributed by atoms with van der Waals surface area (Å²) >= 11 is 1.11. The monoisotopic (exact) mass is 268 g/mol. The first-order valence-corrected chi connectivity index (χ1v) is 6.05. The Morgan fingerprint density at radius 2 is 1.83 bits per heavy atom. The molecular formula is C13H10F2O2S. The topological polar surface area (TPSA) is 26.3 Å². The van der Waals surface area contributed by atoms with E-state index in [2.05, 4.69) is 4.74 Å². The van der Waals surface area contributed by atoms with Crippen LogP contribution in [0.3, 0.4) is 0 Å². The lowest BCUT2D eigenvalue weighted by Crippen LogP contribution is -2.02. The van der Waals surface area contributed by atoms with Crippen molar-refractivity contribution in [3.63, 3.8) is 0 Å². The van der Waals surface area contributed by atoms with Crippen LogP contribution in [0.4, 0.5) is 8.78 Å². The van der Waals surface area contributed by atoms with Gasteiger partial charge in [0, 0.05) is 5.56 Å². The molecule has 1 heterocycles. The molecule has 0 aliphatic rings. The first-order chi connectivity index (χ1) is 8.56. The zero-order valence-corrected chi connectivity index (χ0v) is 10.6.